The van der Waals surface area contributed by atoms with E-state index in [1.165, 1.54) is 12.1 Å². The lowest BCUT2D eigenvalue weighted by Crippen LogP contribution is -2.14. The zero-order chi connectivity index (χ0) is 22.2. The molecule has 0 fully saturated rings. The minimum atomic E-state index is -4.21. The molecule has 158 valence electrons. The van der Waals surface area contributed by atoms with Gasteiger partial charge in [0, 0.05) is 22.8 Å². The van der Waals surface area contributed by atoms with Gasteiger partial charge in [0.25, 0.3) is 10.0 Å². The van der Waals surface area contributed by atoms with E-state index in [1.54, 1.807) is 30.3 Å². The molecule has 0 saturated heterocycles. The van der Waals surface area contributed by atoms with Gasteiger partial charge in [0.2, 0.25) is 0 Å². The van der Waals surface area contributed by atoms with Crippen LogP contribution in [0.3, 0.4) is 0 Å². The second-order valence-electron chi connectivity index (χ2n) is 7.14. The lowest BCUT2D eigenvalue weighted by atomic mass is 10.00. The fraction of sp³-hybridized carbons (Fsp3) is 0.0870. The standard InChI is InChI=1S/C23H17F3N2O2S/c1-14-10-16(20-12-17(24)4-8-22(20)27-14)11-15-2-6-19(7-3-15)28-31(29,30)23-9-5-18(25)13-21(23)26/h2-10,12-13,28H,11H2,1H3. The fourth-order valence-corrected chi connectivity index (χ4v) is 4.49. The van der Waals surface area contributed by atoms with E-state index in [0.29, 0.717) is 23.4 Å². The number of fused-ring (bicyclic) bond motifs is 1. The van der Waals surface area contributed by atoms with Gasteiger partial charge in [-0.05, 0) is 73.0 Å². The quantitative estimate of drug-likeness (QED) is 0.453. The second-order valence-corrected chi connectivity index (χ2v) is 8.79. The minimum absolute atomic E-state index is 0.231. The highest BCUT2D eigenvalue weighted by Crippen LogP contribution is 2.24. The SMILES string of the molecule is Cc1cc(Cc2ccc(NS(=O)(=O)c3ccc(F)cc3F)cc2)c2cc(F)ccc2n1. The summed E-state index contributed by atoms with van der Waals surface area (Å²) in [5.74, 6) is -2.38. The zero-order valence-electron chi connectivity index (χ0n) is 16.4. The van der Waals surface area contributed by atoms with Crippen molar-refractivity contribution in [3.63, 3.8) is 0 Å². The molecule has 8 heteroatoms. The Morgan fingerprint density at radius 1 is 0.871 bits per heavy atom. The number of pyridine rings is 1. The third-order valence-electron chi connectivity index (χ3n) is 4.77. The Balaban J connectivity index is 1.58. The van der Waals surface area contributed by atoms with Gasteiger partial charge in [-0.15, -0.1) is 0 Å². The second kappa shape index (κ2) is 8.03. The Bertz CT molecular complexity index is 1390. The van der Waals surface area contributed by atoms with Crippen LogP contribution in [0.25, 0.3) is 10.9 Å². The largest absolute Gasteiger partial charge is 0.280 e. The highest BCUT2D eigenvalue weighted by atomic mass is 32.2. The van der Waals surface area contributed by atoms with Gasteiger partial charge in [0.15, 0.2) is 0 Å². The molecule has 31 heavy (non-hydrogen) atoms. The summed E-state index contributed by atoms with van der Waals surface area (Å²) < 4.78 is 67.7. The number of nitrogens with one attached hydrogen (secondary N) is 1. The van der Waals surface area contributed by atoms with Crippen LogP contribution in [-0.4, -0.2) is 13.4 Å². The van der Waals surface area contributed by atoms with Crippen molar-refractivity contribution in [2.75, 3.05) is 4.72 Å². The maximum atomic E-state index is 13.9. The van der Waals surface area contributed by atoms with Crippen LogP contribution in [0.1, 0.15) is 16.8 Å². The van der Waals surface area contributed by atoms with Crippen LogP contribution in [0.15, 0.2) is 71.6 Å². The number of sulfonamides is 1. The molecular weight excluding hydrogens is 425 g/mol. The van der Waals surface area contributed by atoms with Crippen molar-refractivity contribution in [3.8, 4) is 0 Å². The van der Waals surface area contributed by atoms with Crippen LogP contribution in [0.2, 0.25) is 0 Å². The first-order chi connectivity index (χ1) is 14.7. The number of hydrogen-bond acceptors (Lipinski definition) is 3. The van der Waals surface area contributed by atoms with E-state index in [9.17, 15) is 21.6 Å². The first-order valence-corrected chi connectivity index (χ1v) is 10.8. The Morgan fingerprint density at radius 3 is 2.26 bits per heavy atom. The summed E-state index contributed by atoms with van der Waals surface area (Å²) >= 11 is 0. The predicted molar refractivity (Wildman–Crippen MR) is 113 cm³/mol. The van der Waals surface area contributed by atoms with Crippen molar-refractivity contribution in [2.24, 2.45) is 0 Å². The molecule has 0 aliphatic carbocycles. The highest BCUT2D eigenvalue weighted by Gasteiger charge is 2.19. The number of aryl methyl sites for hydroxylation is 1. The number of halogens is 3. The Kier molecular flexibility index (Phi) is 5.41. The molecule has 0 atom stereocenters. The molecule has 0 amide bonds. The molecule has 1 aromatic heterocycles. The topological polar surface area (TPSA) is 59.1 Å². The van der Waals surface area contributed by atoms with Crippen molar-refractivity contribution in [1.82, 2.24) is 4.98 Å². The molecule has 0 unspecified atom stereocenters. The summed E-state index contributed by atoms with van der Waals surface area (Å²) in [5, 5.41) is 0.710. The summed E-state index contributed by atoms with van der Waals surface area (Å²) in [6, 6.07) is 15.1. The van der Waals surface area contributed by atoms with Gasteiger partial charge in [-0.3, -0.25) is 9.71 Å². The number of benzene rings is 3. The van der Waals surface area contributed by atoms with E-state index in [-0.39, 0.29) is 11.5 Å². The summed E-state index contributed by atoms with van der Waals surface area (Å²) in [6.45, 7) is 1.86. The monoisotopic (exact) mass is 442 g/mol. The normalized spacial score (nSPS) is 11.6. The lowest BCUT2D eigenvalue weighted by molar-refractivity contribution is 0.551. The van der Waals surface area contributed by atoms with Crippen LogP contribution in [0.4, 0.5) is 18.9 Å². The fourth-order valence-electron chi connectivity index (χ4n) is 3.38. The summed E-state index contributed by atoms with van der Waals surface area (Å²) in [6.07, 6.45) is 0.489. The maximum absolute atomic E-state index is 13.9. The van der Waals surface area contributed by atoms with Crippen molar-refractivity contribution in [1.29, 1.82) is 0 Å². The molecule has 1 N–H and O–H groups in total. The number of hydrogen-bond donors (Lipinski definition) is 1. The molecule has 0 spiro atoms. The molecule has 4 nitrogen and oxygen atoms in total. The molecule has 4 rings (SSSR count). The van der Waals surface area contributed by atoms with Gasteiger partial charge < -0.3 is 0 Å². The predicted octanol–water partition coefficient (Wildman–Crippen LogP) is 5.35. The van der Waals surface area contributed by atoms with Crippen LogP contribution in [0.5, 0.6) is 0 Å². The molecule has 0 saturated carbocycles. The number of aromatic nitrogens is 1. The van der Waals surface area contributed by atoms with Crippen LogP contribution in [-0.2, 0) is 16.4 Å². The van der Waals surface area contributed by atoms with Gasteiger partial charge in [0.1, 0.15) is 22.3 Å². The number of nitrogens with zero attached hydrogens (tertiary/aromatic N) is 1. The molecular formula is C23H17F3N2O2S. The average molecular weight is 442 g/mol. The maximum Gasteiger partial charge on any atom is 0.264 e. The molecule has 0 aliphatic rings. The summed E-state index contributed by atoms with van der Waals surface area (Å²) in [5.41, 5.74) is 3.49. The van der Waals surface area contributed by atoms with E-state index in [1.807, 2.05) is 13.0 Å². The Hall–Kier alpha value is -3.39. The van der Waals surface area contributed by atoms with Gasteiger partial charge in [-0.2, -0.15) is 0 Å². The van der Waals surface area contributed by atoms with Crippen molar-refractivity contribution in [3.05, 3.63) is 101 Å². The molecule has 1 heterocycles. The Labute approximate surface area is 177 Å². The highest BCUT2D eigenvalue weighted by molar-refractivity contribution is 7.92. The van der Waals surface area contributed by atoms with Gasteiger partial charge in [-0.25, -0.2) is 21.6 Å². The minimum Gasteiger partial charge on any atom is -0.280 e. The van der Waals surface area contributed by atoms with Gasteiger partial charge >= 0.3 is 0 Å². The van der Waals surface area contributed by atoms with Crippen LogP contribution >= 0.6 is 0 Å². The first kappa shape index (κ1) is 20.9. The average Bonchev–Trinajstić information content (AvgIpc) is 2.69. The number of rotatable bonds is 5. The van der Waals surface area contributed by atoms with Gasteiger partial charge in [0.05, 0.1) is 5.52 Å². The molecule has 4 aromatic rings. The lowest BCUT2D eigenvalue weighted by Gasteiger charge is -2.11. The summed E-state index contributed by atoms with van der Waals surface area (Å²) in [7, 11) is -4.21. The van der Waals surface area contributed by atoms with Crippen molar-refractivity contribution in [2.45, 2.75) is 18.2 Å². The Morgan fingerprint density at radius 2 is 1.55 bits per heavy atom. The van der Waals surface area contributed by atoms with Crippen molar-refractivity contribution >= 4 is 26.6 Å². The van der Waals surface area contributed by atoms with Gasteiger partial charge in [-0.1, -0.05) is 12.1 Å². The van der Waals surface area contributed by atoms with Crippen LogP contribution in [0, 0.1) is 24.4 Å². The molecule has 3 aromatic carbocycles. The smallest absolute Gasteiger partial charge is 0.264 e. The zero-order valence-corrected chi connectivity index (χ0v) is 17.2. The first-order valence-electron chi connectivity index (χ1n) is 9.34. The molecule has 0 aliphatic heterocycles. The van der Waals surface area contributed by atoms with Crippen LogP contribution < -0.4 is 4.72 Å². The van der Waals surface area contributed by atoms with E-state index in [0.717, 1.165) is 29.0 Å². The molecule has 0 radical (unpaired) electrons. The molecule has 0 bridgehead atoms. The summed E-state index contributed by atoms with van der Waals surface area (Å²) in [4.78, 5) is 3.78. The number of anilines is 1. The van der Waals surface area contributed by atoms with E-state index in [4.69, 9.17) is 0 Å². The third kappa shape index (κ3) is 4.54. The third-order valence-corrected chi connectivity index (χ3v) is 6.18. The van der Waals surface area contributed by atoms with E-state index >= 15 is 0 Å². The van der Waals surface area contributed by atoms with Crippen molar-refractivity contribution < 1.29 is 21.6 Å². The van der Waals surface area contributed by atoms with E-state index < -0.39 is 26.6 Å². The van der Waals surface area contributed by atoms with E-state index in [2.05, 4.69) is 9.71 Å².